The lowest BCUT2D eigenvalue weighted by Crippen LogP contribution is -2.59. The number of likely N-dealkylation sites (tertiary alicyclic amines) is 1. The number of nitrogens with zero attached hydrogens (tertiary/aromatic N) is 5. The molecule has 0 radical (unpaired) electrons. The van der Waals surface area contributed by atoms with Crippen LogP contribution in [0.25, 0.3) is 0 Å². The van der Waals surface area contributed by atoms with Crippen LogP contribution in [0.15, 0.2) is 23.0 Å². The third kappa shape index (κ3) is 3.13. The smallest absolute Gasteiger partial charge is 0.231 e. The molecule has 2 aliphatic heterocycles. The Hall–Kier alpha value is -1.91. The van der Waals surface area contributed by atoms with E-state index in [-0.39, 0.29) is 17.2 Å². The molecule has 10 heteroatoms. The summed E-state index contributed by atoms with van der Waals surface area (Å²) < 4.78 is 45.3. The second kappa shape index (κ2) is 6.30. The van der Waals surface area contributed by atoms with Crippen molar-refractivity contribution in [2.24, 2.45) is 5.41 Å². The van der Waals surface area contributed by atoms with Gasteiger partial charge in [-0.25, -0.2) is 17.1 Å². The SMILES string of the molecule is CS(=O)(=O)N1CC(c2nc(C3CC3)no2)C2(CN(Cc3ccncc3F)C2)C1. The van der Waals surface area contributed by atoms with Gasteiger partial charge in [-0.1, -0.05) is 5.16 Å². The van der Waals surface area contributed by atoms with Gasteiger partial charge in [0.15, 0.2) is 5.82 Å². The molecule has 1 saturated carbocycles. The van der Waals surface area contributed by atoms with Gasteiger partial charge in [0.25, 0.3) is 0 Å². The zero-order valence-corrected chi connectivity index (χ0v) is 16.4. The minimum Gasteiger partial charge on any atom is -0.339 e. The van der Waals surface area contributed by atoms with E-state index in [1.54, 1.807) is 12.3 Å². The van der Waals surface area contributed by atoms with Gasteiger partial charge in [0.1, 0.15) is 5.82 Å². The van der Waals surface area contributed by atoms with Crippen molar-refractivity contribution >= 4 is 10.0 Å². The fourth-order valence-corrected chi connectivity index (χ4v) is 5.37. The van der Waals surface area contributed by atoms with Crippen molar-refractivity contribution in [1.82, 2.24) is 24.3 Å². The van der Waals surface area contributed by atoms with Gasteiger partial charge in [-0.3, -0.25) is 9.88 Å². The summed E-state index contributed by atoms with van der Waals surface area (Å²) in [6, 6.07) is 1.68. The second-order valence-corrected chi connectivity index (χ2v) is 10.3. The van der Waals surface area contributed by atoms with E-state index in [4.69, 9.17) is 4.52 Å². The van der Waals surface area contributed by atoms with Gasteiger partial charge in [-0.2, -0.15) is 4.98 Å². The van der Waals surface area contributed by atoms with Crippen LogP contribution in [0, 0.1) is 11.2 Å². The minimum atomic E-state index is -3.31. The highest BCUT2D eigenvalue weighted by Gasteiger charge is 2.58. The topological polar surface area (TPSA) is 92.4 Å². The van der Waals surface area contributed by atoms with Crippen LogP contribution in [-0.4, -0.2) is 65.2 Å². The highest BCUT2D eigenvalue weighted by Crippen LogP contribution is 2.50. The highest BCUT2D eigenvalue weighted by molar-refractivity contribution is 7.88. The van der Waals surface area contributed by atoms with Gasteiger partial charge < -0.3 is 4.52 Å². The molecule has 8 nitrogen and oxygen atoms in total. The summed E-state index contributed by atoms with van der Waals surface area (Å²) in [5.41, 5.74) is 0.313. The molecule has 1 atom stereocenters. The molecule has 150 valence electrons. The Balaban J connectivity index is 1.37. The molecule has 0 bridgehead atoms. The van der Waals surface area contributed by atoms with Crippen LogP contribution in [0.2, 0.25) is 0 Å². The van der Waals surface area contributed by atoms with E-state index in [0.717, 1.165) is 18.7 Å². The lowest BCUT2D eigenvalue weighted by atomic mass is 9.71. The van der Waals surface area contributed by atoms with Crippen molar-refractivity contribution in [2.45, 2.75) is 31.2 Å². The van der Waals surface area contributed by atoms with Crippen molar-refractivity contribution in [3.05, 3.63) is 41.6 Å². The van der Waals surface area contributed by atoms with E-state index in [2.05, 4.69) is 20.0 Å². The number of hydrogen-bond donors (Lipinski definition) is 0. The summed E-state index contributed by atoms with van der Waals surface area (Å²) in [5, 5.41) is 4.11. The number of pyridine rings is 1. The Morgan fingerprint density at radius 2 is 2.11 bits per heavy atom. The lowest BCUT2D eigenvalue weighted by Gasteiger charge is -2.50. The van der Waals surface area contributed by atoms with Gasteiger partial charge >= 0.3 is 0 Å². The van der Waals surface area contributed by atoms with Crippen LogP contribution in [0.5, 0.6) is 0 Å². The third-order valence-electron chi connectivity index (χ3n) is 6.11. The maximum Gasteiger partial charge on any atom is 0.231 e. The molecule has 3 fully saturated rings. The number of hydrogen-bond acceptors (Lipinski definition) is 7. The first kappa shape index (κ1) is 18.1. The summed E-state index contributed by atoms with van der Waals surface area (Å²) in [5.74, 6) is 1.19. The lowest BCUT2D eigenvalue weighted by molar-refractivity contribution is -0.0123. The fraction of sp³-hybridized carbons (Fsp3) is 0.611. The quantitative estimate of drug-likeness (QED) is 0.738. The zero-order valence-electron chi connectivity index (χ0n) is 15.6. The van der Waals surface area contributed by atoms with Gasteiger partial charge in [0, 0.05) is 55.8 Å². The number of aromatic nitrogens is 3. The third-order valence-corrected chi connectivity index (χ3v) is 7.33. The molecule has 2 aromatic heterocycles. The van der Waals surface area contributed by atoms with E-state index in [0.29, 0.717) is 50.1 Å². The summed E-state index contributed by atoms with van der Waals surface area (Å²) >= 11 is 0. The molecule has 2 saturated heterocycles. The highest BCUT2D eigenvalue weighted by atomic mass is 32.2. The Bertz CT molecular complexity index is 1000. The van der Waals surface area contributed by atoms with Gasteiger partial charge in [0.05, 0.1) is 18.4 Å². The summed E-state index contributed by atoms with van der Waals surface area (Å²) in [4.78, 5) is 10.5. The number of sulfonamides is 1. The van der Waals surface area contributed by atoms with Crippen molar-refractivity contribution in [3.8, 4) is 0 Å². The average molecular weight is 407 g/mol. The Morgan fingerprint density at radius 3 is 2.79 bits per heavy atom. The molecule has 4 heterocycles. The predicted molar refractivity (Wildman–Crippen MR) is 97.3 cm³/mol. The largest absolute Gasteiger partial charge is 0.339 e. The number of rotatable bonds is 5. The molecular formula is C18H22FN5O3S. The van der Waals surface area contributed by atoms with Crippen LogP contribution in [0.1, 0.15) is 42.0 Å². The van der Waals surface area contributed by atoms with E-state index in [1.807, 2.05) is 0 Å². The first-order valence-corrected chi connectivity index (χ1v) is 11.3. The maximum atomic E-state index is 13.9. The van der Waals surface area contributed by atoms with E-state index < -0.39 is 10.0 Å². The van der Waals surface area contributed by atoms with Gasteiger partial charge in [0.2, 0.25) is 15.9 Å². The van der Waals surface area contributed by atoms with Crippen molar-refractivity contribution in [1.29, 1.82) is 0 Å². The molecule has 5 rings (SSSR count). The van der Waals surface area contributed by atoms with E-state index in [1.165, 1.54) is 16.8 Å². The molecular weight excluding hydrogens is 385 g/mol. The Kier molecular flexibility index (Phi) is 4.08. The van der Waals surface area contributed by atoms with E-state index in [9.17, 15) is 12.8 Å². The molecule has 0 amide bonds. The summed E-state index contributed by atoms with van der Waals surface area (Å²) in [7, 11) is -3.31. The average Bonchev–Trinajstić information content (AvgIpc) is 3.19. The van der Waals surface area contributed by atoms with Crippen molar-refractivity contribution in [2.75, 3.05) is 32.4 Å². The van der Waals surface area contributed by atoms with E-state index >= 15 is 0 Å². The van der Waals surface area contributed by atoms with Crippen molar-refractivity contribution < 1.29 is 17.3 Å². The standard InChI is InChI=1S/C18H22FN5O3S/c1-28(25,26)24-8-14(17-21-16(22-27-17)12-2-3-12)18(11-24)9-23(10-18)7-13-4-5-20-6-15(13)19/h4-6,12,14H,2-3,7-11H2,1H3. The normalized spacial score (nSPS) is 25.3. The predicted octanol–water partition coefficient (Wildman–Crippen LogP) is 1.34. The molecule has 1 spiro atoms. The van der Waals surface area contributed by atoms with Crippen LogP contribution in [-0.2, 0) is 16.6 Å². The first-order chi connectivity index (χ1) is 13.3. The van der Waals surface area contributed by atoms with Crippen LogP contribution in [0.4, 0.5) is 4.39 Å². The van der Waals surface area contributed by atoms with Gasteiger partial charge in [-0.05, 0) is 18.9 Å². The second-order valence-electron chi connectivity index (χ2n) is 8.35. The Morgan fingerprint density at radius 1 is 1.32 bits per heavy atom. The Labute approximate surface area is 162 Å². The molecule has 28 heavy (non-hydrogen) atoms. The molecule has 1 unspecified atom stereocenters. The fourth-order valence-electron chi connectivity index (χ4n) is 4.46. The van der Waals surface area contributed by atoms with Crippen LogP contribution < -0.4 is 0 Å². The first-order valence-electron chi connectivity index (χ1n) is 9.43. The maximum absolute atomic E-state index is 13.9. The van der Waals surface area contributed by atoms with Gasteiger partial charge in [-0.15, -0.1) is 0 Å². The molecule has 3 aliphatic rings. The number of halogens is 1. The molecule has 0 aromatic carbocycles. The van der Waals surface area contributed by atoms with Crippen molar-refractivity contribution in [3.63, 3.8) is 0 Å². The summed E-state index contributed by atoms with van der Waals surface area (Å²) in [6.07, 6.45) is 6.18. The molecule has 1 aliphatic carbocycles. The monoisotopic (exact) mass is 407 g/mol. The summed E-state index contributed by atoms with van der Waals surface area (Å²) in [6.45, 7) is 2.56. The van der Waals surface area contributed by atoms with Crippen LogP contribution >= 0.6 is 0 Å². The molecule has 0 N–H and O–H groups in total. The van der Waals surface area contributed by atoms with Crippen LogP contribution in [0.3, 0.4) is 0 Å². The molecule has 2 aromatic rings. The zero-order chi connectivity index (χ0) is 19.5. The minimum absolute atomic E-state index is 0.138.